The molecule has 1 radical (unpaired) electrons. The van der Waals surface area contributed by atoms with Gasteiger partial charge in [0, 0.05) is 0 Å². The molecule has 0 unspecified atom stereocenters. The number of allylic oxidation sites excluding steroid dienone is 3. The third-order valence-corrected chi connectivity index (χ3v) is 0.631. The van der Waals surface area contributed by atoms with Crippen LogP contribution >= 0.6 is 0 Å². The largest absolute Gasteiger partial charge is 0.103 e. The van der Waals surface area contributed by atoms with E-state index in [9.17, 15) is 0 Å². The zero-order valence-electron chi connectivity index (χ0n) is 4.72. The standard InChI is InChI=1S/C7H11/c1-3-5-7-6-4-2/h3-4,6-7H,1,5H2,2H3/b6-4+. The first-order valence-corrected chi connectivity index (χ1v) is 2.47. The van der Waals surface area contributed by atoms with E-state index in [2.05, 4.69) is 13.0 Å². The molecule has 0 nitrogen and oxygen atoms in total. The molecule has 0 amide bonds. The molecular weight excluding hydrogens is 84.1 g/mol. The number of hydrogen-bond acceptors (Lipinski definition) is 0. The summed E-state index contributed by atoms with van der Waals surface area (Å²) in [6, 6.07) is 0. The molecule has 0 aromatic heterocycles. The van der Waals surface area contributed by atoms with Crippen LogP contribution in [0.1, 0.15) is 13.3 Å². The van der Waals surface area contributed by atoms with Gasteiger partial charge in [-0.15, -0.1) is 6.58 Å². The SMILES string of the molecule is C=CC[CH]/C=C/C. The maximum absolute atomic E-state index is 3.57. The molecule has 0 saturated heterocycles. The van der Waals surface area contributed by atoms with Gasteiger partial charge in [-0.3, -0.25) is 0 Å². The summed E-state index contributed by atoms with van der Waals surface area (Å²) in [6.45, 7) is 5.57. The minimum absolute atomic E-state index is 0.977. The lowest BCUT2D eigenvalue weighted by atomic mass is 10.3. The molecule has 7 heavy (non-hydrogen) atoms. The van der Waals surface area contributed by atoms with Crippen LogP contribution in [-0.4, -0.2) is 0 Å². The van der Waals surface area contributed by atoms with Crippen molar-refractivity contribution < 1.29 is 0 Å². The molecule has 0 heterocycles. The fourth-order valence-corrected chi connectivity index (χ4v) is 0.311. The summed E-state index contributed by atoms with van der Waals surface area (Å²) in [5, 5.41) is 0. The average Bonchev–Trinajstić information content (AvgIpc) is 1.69. The Labute approximate surface area is 45.5 Å². The topological polar surface area (TPSA) is 0 Å². The Morgan fingerprint density at radius 3 is 2.71 bits per heavy atom. The van der Waals surface area contributed by atoms with Crippen molar-refractivity contribution in [1.82, 2.24) is 0 Å². The van der Waals surface area contributed by atoms with Gasteiger partial charge in [-0.05, 0) is 19.8 Å². The van der Waals surface area contributed by atoms with Crippen molar-refractivity contribution >= 4 is 0 Å². The van der Waals surface area contributed by atoms with Crippen LogP contribution in [-0.2, 0) is 0 Å². The van der Waals surface area contributed by atoms with Crippen LogP contribution in [0.15, 0.2) is 24.8 Å². The maximum atomic E-state index is 3.57. The molecular formula is C7H11. The Bertz CT molecular complexity index is 60.4. The van der Waals surface area contributed by atoms with E-state index >= 15 is 0 Å². The molecule has 0 aromatic rings. The zero-order valence-corrected chi connectivity index (χ0v) is 4.72. The van der Waals surface area contributed by atoms with Gasteiger partial charge in [0.15, 0.2) is 0 Å². The smallest absolute Gasteiger partial charge is 0.0133 e. The number of hydrogen-bond donors (Lipinski definition) is 0. The minimum atomic E-state index is 0.977. The van der Waals surface area contributed by atoms with Crippen LogP contribution in [0.25, 0.3) is 0 Å². The Morgan fingerprint density at radius 1 is 1.57 bits per heavy atom. The highest BCUT2D eigenvalue weighted by molar-refractivity contribution is 4.95. The Hall–Kier alpha value is -0.520. The highest BCUT2D eigenvalue weighted by Crippen LogP contribution is 1.87. The van der Waals surface area contributed by atoms with Gasteiger partial charge in [-0.1, -0.05) is 18.2 Å². The van der Waals surface area contributed by atoms with Crippen LogP contribution < -0.4 is 0 Å². The van der Waals surface area contributed by atoms with Crippen molar-refractivity contribution in [3.05, 3.63) is 31.2 Å². The van der Waals surface area contributed by atoms with Gasteiger partial charge in [0.2, 0.25) is 0 Å². The van der Waals surface area contributed by atoms with Crippen molar-refractivity contribution in [2.24, 2.45) is 0 Å². The van der Waals surface area contributed by atoms with Crippen LogP contribution in [0.3, 0.4) is 0 Å². The van der Waals surface area contributed by atoms with Gasteiger partial charge in [0.05, 0.1) is 0 Å². The maximum Gasteiger partial charge on any atom is -0.0133 e. The summed E-state index contributed by atoms with van der Waals surface area (Å²) in [5.74, 6) is 0. The second-order valence-electron chi connectivity index (χ2n) is 1.29. The van der Waals surface area contributed by atoms with Crippen LogP contribution in [0.5, 0.6) is 0 Å². The van der Waals surface area contributed by atoms with E-state index in [-0.39, 0.29) is 0 Å². The highest BCUT2D eigenvalue weighted by atomic mass is 13.7. The van der Waals surface area contributed by atoms with E-state index in [0.717, 1.165) is 6.42 Å². The fraction of sp³-hybridized carbons (Fsp3) is 0.286. The number of rotatable bonds is 3. The van der Waals surface area contributed by atoms with Crippen molar-refractivity contribution in [2.45, 2.75) is 13.3 Å². The first-order valence-electron chi connectivity index (χ1n) is 2.47. The fourth-order valence-electron chi connectivity index (χ4n) is 0.311. The summed E-state index contributed by atoms with van der Waals surface area (Å²) in [5.41, 5.74) is 0. The second-order valence-corrected chi connectivity index (χ2v) is 1.29. The normalized spacial score (nSPS) is 9.86. The lowest BCUT2D eigenvalue weighted by Crippen LogP contribution is -1.60. The quantitative estimate of drug-likeness (QED) is 0.373. The van der Waals surface area contributed by atoms with Gasteiger partial charge >= 0.3 is 0 Å². The summed E-state index contributed by atoms with van der Waals surface area (Å²) >= 11 is 0. The highest BCUT2D eigenvalue weighted by Gasteiger charge is 1.69. The van der Waals surface area contributed by atoms with E-state index in [1.165, 1.54) is 0 Å². The summed E-state index contributed by atoms with van der Waals surface area (Å²) in [4.78, 5) is 0. The molecule has 39 valence electrons. The van der Waals surface area contributed by atoms with Gasteiger partial charge in [-0.2, -0.15) is 0 Å². The van der Waals surface area contributed by atoms with E-state index in [1.807, 2.05) is 25.2 Å². The van der Waals surface area contributed by atoms with Gasteiger partial charge in [-0.25, -0.2) is 0 Å². The Balaban J connectivity index is 2.82. The lowest BCUT2D eigenvalue weighted by molar-refractivity contribution is 1.29. The molecule has 0 aliphatic carbocycles. The molecule has 0 fully saturated rings. The van der Waals surface area contributed by atoms with Crippen LogP contribution in [0, 0.1) is 6.42 Å². The van der Waals surface area contributed by atoms with Gasteiger partial charge in [0.1, 0.15) is 0 Å². The molecule has 0 aliphatic rings. The first kappa shape index (κ1) is 6.48. The molecule has 0 rings (SSSR count). The summed E-state index contributed by atoms with van der Waals surface area (Å²) in [7, 11) is 0. The van der Waals surface area contributed by atoms with Gasteiger partial charge < -0.3 is 0 Å². The number of unbranched alkanes of at least 4 members (excludes halogenated alkanes) is 1. The monoisotopic (exact) mass is 95.1 g/mol. The molecule has 0 aliphatic heterocycles. The van der Waals surface area contributed by atoms with Crippen molar-refractivity contribution in [3.63, 3.8) is 0 Å². The summed E-state index contributed by atoms with van der Waals surface area (Å²) in [6.07, 6.45) is 8.93. The summed E-state index contributed by atoms with van der Waals surface area (Å²) < 4.78 is 0. The molecule has 0 N–H and O–H groups in total. The van der Waals surface area contributed by atoms with Gasteiger partial charge in [0.25, 0.3) is 0 Å². The lowest BCUT2D eigenvalue weighted by Gasteiger charge is -1.78. The van der Waals surface area contributed by atoms with E-state index in [0.29, 0.717) is 0 Å². The molecule has 0 saturated carbocycles. The predicted octanol–water partition coefficient (Wildman–Crippen LogP) is 2.34. The predicted molar refractivity (Wildman–Crippen MR) is 33.9 cm³/mol. The zero-order chi connectivity index (χ0) is 5.54. The van der Waals surface area contributed by atoms with E-state index in [1.54, 1.807) is 0 Å². The third-order valence-electron chi connectivity index (χ3n) is 0.631. The van der Waals surface area contributed by atoms with Crippen LogP contribution in [0.2, 0.25) is 0 Å². The van der Waals surface area contributed by atoms with Crippen LogP contribution in [0.4, 0.5) is 0 Å². The van der Waals surface area contributed by atoms with Crippen molar-refractivity contribution in [3.8, 4) is 0 Å². The Morgan fingerprint density at radius 2 is 2.29 bits per heavy atom. The van der Waals surface area contributed by atoms with Crippen molar-refractivity contribution in [1.29, 1.82) is 0 Å². The van der Waals surface area contributed by atoms with E-state index < -0.39 is 0 Å². The van der Waals surface area contributed by atoms with Crippen molar-refractivity contribution in [2.75, 3.05) is 0 Å². The molecule has 0 heteroatoms. The molecule has 0 bridgehead atoms. The molecule has 0 aromatic carbocycles. The average molecular weight is 95.2 g/mol. The molecule has 0 atom stereocenters. The Kier molecular flexibility index (Phi) is 5.07. The van der Waals surface area contributed by atoms with E-state index in [4.69, 9.17) is 0 Å². The second kappa shape index (κ2) is 5.48. The molecule has 0 spiro atoms. The third kappa shape index (κ3) is 5.48. The first-order chi connectivity index (χ1) is 3.41. The minimum Gasteiger partial charge on any atom is -0.103 e.